The van der Waals surface area contributed by atoms with Crippen molar-refractivity contribution in [2.24, 2.45) is 0 Å². The van der Waals surface area contributed by atoms with Crippen molar-refractivity contribution in [1.82, 2.24) is 4.90 Å². The minimum absolute atomic E-state index is 0.0837. The fraction of sp³-hybridized carbons (Fsp3) is 0.487. The van der Waals surface area contributed by atoms with Gasteiger partial charge in [-0.25, -0.2) is 0 Å². The molecule has 248 valence electrons. The summed E-state index contributed by atoms with van der Waals surface area (Å²) in [7, 11) is 3.31. The number of methoxy groups -OCH3 is 2. The van der Waals surface area contributed by atoms with Crippen molar-refractivity contribution in [3.63, 3.8) is 0 Å². The van der Waals surface area contributed by atoms with E-state index in [2.05, 4.69) is 12.1 Å². The van der Waals surface area contributed by atoms with E-state index in [9.17, 15) is 14.7 Å². The molecule has 7 heteroatoms. The Morgan fingerprint density at radius 2 is 1.28 bits per heavy atom. The van der Waals surface area contributed by atoms with Crippen molar-refractivity contribution in [2.75, 3.05) is 27.4 Å². The third kappa shape index (κ3) is 9.43. The van der Waals surface area contributed by atoms with E-state index in [-0.39, 0.29) is 11.9 Å². The summed E-state index contributed by atoms with van der Waals surface area (Å²) >= 11 is 0. The van der Waals surface area contributed by atoms with Gasteiger partial charge in [-0.2, -0.15) is 0 Å². The third-order valence-electron chi connectivity index (χ3n) is 9.13. The number of piperidine rings is 1. The highest BCUT2D eigenvalue weighted by atomic mass is 16.5. The SMILES string of the molecule is COc1ccc(C(OC[C@H]2CC[C@@H](O)CN2C(=O)CCCCCCCCCCC=O)(c2ccccc2)c2ccc(OC)cc2)cc1. The lowest BCUT2D eigenvalue weighted by Crippen LogP contribution is -2.51. The van der Waals surface area contributed by atoms with Crippen LogP contribution in [0.4, 0.5) is 0 Å². The number of hydrogen-bond acceptors (Lipinski definition) is 6. The lowest BCUT2D eigenvalue weighted by Gasteiger charge is -2.42. The van der Waals surface area contributed by atoms with Gasteiger partial charge in [-0.3, -0.25) is 4.79 Å². The molecule has 0 spiro atoms. The first kappa shape index (κ1) is 35.2. The van der Waals surface area contributed by atoms with Gasteiger partial charge in [-0.15, -0.1) is 0 Å². The molecule has 4 rings (SSSR count). The molecule has 1 aliphatic rings. The van der Waals surface area contributed by atoms with Gasteiger partial charge >= 0.3 is 0 Å². The molecule has 0 saturated carbocycles. The molecule has 0 radical (unpaired) electrons. The maximum absolute atomic E-state index is 13.6. The molecular formula is C39H51NO6. The molecule has 1 aliphatic heterocycles. The molecule has 1 saturated heterocycles. The maximum atomic E-state index is 13.6. The zero-order chi connectivity index (χ0) is 32.6. The van der Waals surface area contributed by atoms with Gasteiger partial charge in [0.05, 0.1) is 33.0 Å². The normalized spacial score (nSPS) is 16.6. The molecule has 0 unspecified atom stereocenters. The highest BCUT2D eigenvalue weighted by molar-refractivity contribution is 5.76. The molecular weight excluding hydrogens is 578 g/mol. The Kier molecular flexibility index (Phi) is 14.1. The average molecular weight is 630 g/mol. The van der Waals surface area contributed by atoms with Crippen molar-refractivity contribution < 1.29 is 28.9 Å². The maximum Gasteiger partial charge on any atom is 0.222 e. The van der Waals surface area contributed by atoms with Crippen LogP contribution in [-0.4, -0.2) is 61.7 Å². The monoisotopic (exact) mass is 629 g/mol. The number of carbonyl (C=O) groups is 2. The number of rotatable bonds is 19. The minimum Gasteiger partial charge on any atom is -0.497 e. The highest BCUT2D eigenvalue weighted by Gasteiger charge is 2.40. The van der Waals surface area contributed by atoms with E-state index in [0.717, 1.165) is 79.4 Å². The molecule has 2 atom stereocenters. The number of aliphatic hydroxyl groups is 1. The van der Waals surface area contributed by atoms with Crippen molar-refractivity contribution in [1.29, 1.82) is 0 Å². The Morgan fingerprint density at radius 1 is 0.761 bits per heavy atom. The Bertz CT molecular complexity index is 1260. The number of amides is 1. The summed E-state index contributed by atoms with van der Waals surface area (Å²) in [5.41, 5.74) is 1.91. The van der Waals surface area contributed by atoms with Gasteiger partial charge < -0.3 is 29.0 Å². The van der Waals surface area contributed by atoms with Crippen LogP contribution in [0.1, 0.15) is 93.7 Å². The number of β-amino-alcohol motifs (C(OH)–C–C–N with tert-alkyl or cyclic N) is 1. The van der Waals surface area contributed by atoms with Gasteiger partial charge in [0.2, 0.25) is 5.91 Å². The minimum atomic E-state index is -0.960. The predicted molar refractivity (Wildman–Crippen MR) is 181 cm³/mol. The van der Waals surface area contributed by atoms with Gasteiger partial charge in [0.15, 0.2) is 0 Å². The molecule has 46 heavy (non-hydrogen) atoms. The summed E-state index contributed by atoms with van der Waals surface area (Å²) in [6, 6.07) is 26.0. The first-order valence-corrected chi connectivity index (χ1v) is 16.9. The summed E-state index contributed by atoms with van der Waals surface area (Å²) in [5.74, 6) is 1.60. The van der Waals surface area contributed by atoms with Crippen LogP contribution in [0.15, 0.2) is 78.9 Å². The van der Waals surface area contributed by atoms with E-state index in [1.807, 2.05) is 71.6 Å². The lowest BCUT2D eigenvalue weighted by atomic mass is 9.80. The highest BCUT2D eigenvalue weighted by Crippen LogP contribution is 2.42. The van der Waals surface area contributed by atoms with E-state index in [4.69, 9.17) is 14.2 Å². The van der Waals surface area contributed by atoms with Gasteiger partial charge in [-0.1, -0.05) is 93.1 Å². The van der Waals surface area contributed by atoms with Crippen LogP contribution in [0.5, 0.6) is 11.5 Å². The largest absolute Gasteiger partial charge is 0.497 e. The standard InChI is InChI=1S/C39H51NO6/c1-44-36-24-18-32(19-25-36)39(31-15-11-10-12-16-31,33-20-26-37(45-2)27-21-33)46-30-34-22-23-35(42)29-40(34)38(43)17-13-8-6-4-3-5-7-9-14-28-41/h10-12,15-16,18-21,24-28,34-35,42H,3-9,13-14,17,22-23,29-30H2,1-2H3/t34-,35-/m1/s1. The molecule has 1 fully saturated rings. The first-order chi connectivity index (χ1) is 22.5. The van der Waals surface area contributed by atoms with Crippen molar-refractivity contribution in [3.05, 3.63) is 95.6 Å². The molecule has 3 aromatic rings. The zero-order valence-corrected chi connectivity index (χ0v) is 27.6. The second-order valence-electron chi connectivity index (χ2n) is 12.3. The summed E-state index contributed by atoms with van der Waals surface area (Å²) in [5, 5.41) is 10.6. The van der Waals surface area contributed by atoms with Crippen molar-refractivity contribution >= 4 is 12.2 Å². The number of unbranched alkanes of at least 4 members (excludes halogenated alkanes) is 8. The summed E-state index contributed by atoms with van der Waals surface area (Å²) in [6.07, 6.45) is 11.5. The number of nitrogens with zero attached hydrogens (tertiary/aromatic N) is 1. The van der Waals surface area contributed by atoms with Crippen LogP contribution >= 0.6 is 0 Å². The van der Waals surface area contributed by atoms with Gasteiger partial charge in [0.25, 0.3) is 0 Å². The van der Waals surface area contributed by atoms with E-state index in [1.165, 1.54) is 6.42 Å². The summed E-state index contributed by atoms with van der Waals surface area (Å²) in [6.45, 7) is 0.645. The van der Waals surface area contributed by atoms with Crippen LogP contribution in [0.2, 0.25) is 0 Å². The number of likely N-dealkylation sites (tertiary alicyclic amines) is 1. The number of aliphatic hydroxyl groups excluding tert-OH is 1. The molecule has 0 aliphatic carbocycles. The Labute approximate surface area is 274 Å². The number of hydrogen-bond donors (Lipinski definition) is 1. The van der Waals surface area contributed by atoms with Gasteiger partial charge in [-0.05, 0) is 66.6 Å². The Hall–Kier alpha value is -3.68. The van der Waals surface area contributed by atoms with Gasteiger partial charge in [0.1, 0.15) is 23.4 Å². The van der Waals surface area contributed by atoms with Crippen LogP contribution in [0, 0.1) is 0 Å². The molecule has 7 nitrogen and oxygen atoms in total. The smallest absolute Gasteiger partial charge is 0.222 e. The lowest BCUT2D eigenvalue weighted by molar-refractivity contribution is -0.141. The number of benzene rings is 3. The third-order valence-corrected chi connectivity index (χ3v) is 9.13. The zero-order valence-electron chi connectivity index (χ0n) is 27.6. The number of aldehydes is 1. The van der Waals surface area contributed by atoms with Crippen LogP contribution in [0.25, 0.3) is 0 Å². The van der Waals surface area contributed by atoms with Gasteiger partial charge in [0, 0.05) is 19.4 Å². The molecule has 1 amide bonds. The molecule has 1 N–H and O–H groups in total. The topological polar surface area (TPSA) is 85.3 Å². The quantitative estimate of drug-likeness (QED) is 0.0842. The van der Waals surface area contributed by atoms with Crippen LogP contribution < -0.4 is 9.47 Å². The molecule has 3 aromatic carbocycles. The molecule has 0 bridgehead atoms. The summed E-state index contributed by atoms with van der Waals surface area (Å²) < 4.78 is 18.1. The second kappa shape index (κ2) is 18.5. The number of ether oxygens (including phenoxy) is 3. The summed E-state index contributed by atoms with van der Waals surface area (Å²) in [4.78, 5) is 25.9. The average Bonchev–Trinajstić information content (AvgIpc) is 3.10. The molecule has 0 aromatic heterocycles. The fourth-order valence-corrected chi connectivity index (χ4v) is 6.49. The Balaban J connectivity index is 1.50. The van der Waals surface area contributed by atoms with Crippen molar-refractivity contribution in [3.8, 4) is 11.5 Å². The first-order valence-electron chi connectivity index (χ1n) is 16.9. The fourth-order valence-electron chi connectivity index (χ4n) is 6.49. The van der Waals surface area contributed by atoms with Crippen LogP contribution in [0.3, 0.4) is 0 Å². The predicted octanol–water partition coefficient (Wildman–Crippen LogP) is 7.46. The number of carbonyl (C=O) groups excluding carboxylic acids is 2. The van der Waals surface area contributed by atoms with E-state index in [0.29, 0.717) is 38.8 Å². The second-order valence-corrected chi connectivity index (χ2v) is 12.3. The van der Waals surface area contributed by atoms with E-state index < -0.39 is 11.7 Å². The van der Waals surface area contributed by atoms with E-state index in [1.54, 1.807) is 14.2 Å². The van der Waals surface area contributed by atoms with E-state index >= 15 is 0 Å². The Morgan fingerprint density at radius 3 is 1.83 bits per heavy atom. The molecule has 1 heterocycles. The van der Waals surface area contributed by atoms with Crippen molar-refractivity contribution in [2.45, 2.75) is 94.8 Å². The van der Waals surface area contributed by atoms with Crippen LogP contribution in [-0.2, 0) is 19.9 Å².